The molecule has 16 heavy (non-hydrogen) atoms. The van der Waals surface area contributed by atoms with Gasteiger partial charge >= 0.3 is 0 Å². The lowest BCUT2D eigenvalue weighted by Crippen LogP contribution is -2.50. The molecular formula is C11H25N5. The van der Waals surface area contributed by atoms with Crippen molar-refractivity contribution < 1.29 is 0 Å². The van der Waals surface area contributed by atoms with Crippen LogP contribution in [0.2, 0.25) is 0 Å². The third-order valence-electron chi connectivity index (χ3n) is 3.47. The minimum atomic E-state index is 0.0196. The number of nitrogens with two attached hydrogens (primary N) is 1. The van der Waals surface area contributed by atoms with Crippen LogP contribution < -0.4 is 21.7 Å². The van der Waals surface area contributed by atoms with Crippen LogP contribution in [-0.2, 0) is 0 Å². The van der Waals surface area contributed by atoms with E-state index in [9.17, 15) is 0 Å². The zero-order chi connectivity index (χ0) is 11.3. The quantitative estimate of drug-likeness (QED) is 0.440. The molecule has 0 spiro atoms. The predicted molar refractivity (Wildman–Crippen MR) is 66.3 cm³/mol. The van der Waals surface area contributed by atoms with E-state index in [4.69, 9.17) is 5.73 Å². The van der Waals surface area contributed by atoms with Crippen molar-refractivity contribution in [2.45, 2.75) is 18.5 Å². The molecule has 2 aliphatic rings. The molecule has 1 heterocycles. The van der Waals surface area contributed by atoms with Gasteiger partial charge in [0.15, 0.2) is 0 Å². The van der Waals surface area contributed by atoms with E-state index in [-0.39, 0.29) is 5.66 Å². The summed E-state index contributed by atoms with van der Waals surface area (Å²) in [5, 5.41) is 10.3. The van der Waals surface area contributed by atoms with E-state index in [1.54, 1.807) is 0 Å². The van der Waals surface area contributed by atoms with Crippen LogP contribution in [0.5, 0.6) is 0 Å². The lowest BCUT2D eigenvalue weighted by molar-refractivity contribution is 0.181. The molecule has 0 radical (unpaired) electrons. The van der Waals surface area contributed by atoms with E-state index in [0.29, 0.717) is 0 Å². The van der Waals surface area contributed by atoms with Gasteiger partial charge in [-0.2, -0.15) is 0 Å². The molecule has 5 heteroatoms. The first kappa shape index (κ1) is 12.3. The smallest absolute Gasteiger partial charge is 0.0690 e. The molecular weight excluding hydrogens is 202 g/mol. The molecule has 0 unspecified atom stereocenters. The van der Waals surface area contributed by atoms with E-state index in [1.165, 1.54) is 0 Å². The molecule has 1 saturated heterocycles. The summed E-state index contributed by atoms with van der Waals surface area (Å²) in [6.07, 6.45) is 2.32. The Balaban J connectivity index is 1.76. The number of hydrogen-bond acceptors (Lipinski definition) is 5. The Labute approximate surface area is 98.1 Å². The summed E-state index contributed by atoms with van der Waals surface area (Å²) in [6, 6.07) is 0. The normalized spacial score (nSPS) is 29.1. The van der Waals surface area contributed by atoms with Crippen molar-refractivity contribution in [3.05, 3.63) is 0 Å². The molecule has 1 aliphatic carbocycles. The zero-order valence-electron chi connectivity index (χ0n) is 10.1. The number of nitrogens with zero attached hydrogens (tertiary/aromatic N) is 1. The molecule has 2 rings (SSSR count). The average molecular weight is 227 g/mol. The third-order valence-corrected chi connectivity index (χ3v) is 3.47. The largest absolute Gasteiger partial charge is 0.314 e. The summed E-state index contributed by atoms with van der Waals surface area (Å²) in [4.78, 5) is 2.43. The van der Waals surface area contributed by atoms with Crippen LogP contribution in [0, 0.1) is 0 Å². The average Bonchev–Trinajstić information content (AvgIpc) is 2.98. The first-order valence-corrected chi connectivity index (χ1v) is 6.47. The Hall–Kier alpha value is -0.200. The van der Waals surface area contributed by atoms with Gasteiger partial charge in [0, 0.05) is 52.4 Å². The molecule has 5 N–H and O–H groups in total. The lowest BCUT2D eigenvalue weighted by atomic mass is 10.3. The minimum absolute atomic E-state index is 0.0196. The second-order valence-electron chi connectivity index (χ2n) is 4.84. The maximum atomic E-state index is 6.26. The number of hydrogen-bond donors (Lipinski definition) is 4. The fraction of sp³-hybridized carbons (Fsp3) is 1.00. The summed E-state index contributed by atoms with van der Waals surface area (Å²) in [7, 11) is 0. The van der Waals surface area contributed by atoms with Crippen molar-refractivity contribution in [2.24, 2.45) is 5.73 Å². The Bertz CT molecular complexity index is 193. The maximum absolute atomic E-state index is 6.26. The van der Waals surface area contributed by atoms with Gasteiger partial charge in [0.1, 0.15) is 0 Å². The molecule has 5 nitrogen and oxygen atoms in total. The van der Waals surface area contributed by atoms with Gasteiger partial charge in [-0.3, -0.25) is 4.90 Å². The minimum Gasteiger partial charge on any atom is -0.314 e. The summed E-state index contributed by atoms with van der Waals surface area (Å²) >= 11 is 0. The van der Waals surface area contributed by atoms with Gasteiger partial charge in [-0.05, 0) is 12.8 Å². The van der Waals surface area contributed by atoms with Crippen molar-refractivity contribution in [3.8, 4) is 0 Å². The van der Waals surface area contributed by atoms with Crippen molar-refractivity contribution in [2.75, 3.05) is 52.4 Å². The summed E-state index contributed by atoms with van der Waals surface area (Å²) in [5.41, 5.74) is 6.28. The molecule has 0 amide bonds. The molecule has 0 aromatic carbocycles. The monoisotopic (exact) mass is 227 g/mol. The van der Waals surface area contributed by atoms with Gasteiger partial charge in [0.2, 0.25) is 0 Å². The van der Waals surface area contributed by atoms with E-state index in [0.717, 1.165) is 65.2 Å². The zero-order valence-corrected chi connectivity index (χ0v) is 10.1. The summed E-state index contributed by atoms with van der Waals surface area (Å²) in [6.45, 7) is 8.42. The Morgan fingerprint density at radius 2 is 1.19 bits per heavy atom. The van der Waals surface area contributed by atoms with Crippen LogP contribution in [0.3, 0.4) is 0 Å². The number of nitrogens with one attached hydrogen (secondary N) is 3. The standard InChI is InChI=1S/C11H25N5/c12-11(1-2-11)16-9-7-14-5-3-13-4-6-15-8-10-16/h13-15H,1-10,12H2. The van der Waals surface area contributed by atoms with E-state index in [2.05, 4.69) is 20.9 Å². The highest BCUT2D eigenvalue weighted by atomic mass is 15.3. The molecule has 0 aromatic heterocycles. The Kier molecular flexibility index (Phi) is 4.55. The van der Waals surface area contributed by atoms with E-state index >= 15 is 0 Å². The first-order chi connectivity index (χ1) is 7.81. The van der Waals surface area contributed by atoms with Crippen LogP contribution in [0.15, 0.2) is 0 Å². The topological polar surface area (TPSA) is 65.3 Å². The van der Waals surface area contributed by atoms with Crippen molar-refractivity contribution in [1.29, 1.82) is 0 Å². The van der Waals surface area contributed by atoms with E-state index < -0.39 is 0 Å². The van der Waals surface area contributed by atoms with Crippen molar-refractivity contribution >= 4 is 0 Å². The van der Waals surface area contributed by atoms with Gasteiger partial charge in [-0.15, -0.1) is 0 Å². The molecule has 0 aromatic rings. The van der Waals surface area contributed by atoms with Gasteiger partial charge in [-0.1, -0.05) is 0 Å². The van der Waals surface area contributed by atoms with Gasteiger partial charge in [-0.25, -0.2) is 0 Å². The van der Waals surface area contributed by atoms with Gasteiger partial charge < -0.3 is 21.7 Å². The molecule has 1 saturated carbocycles. The van der Waals surface area contributed by atoms with Crippen LogP contribution in [0.25, 0.3) is 0 Å². The highest BCUT2D eigenvalue weighted by molar-refractivity contribution is 4.98. The van der Waals surface area contributed by atoms with Crippen LogP contribution >= 0.6 is 0 Å². The highest BCUT2D eigenvalue weighted by Gasteiger charge is 2.43. The predicted octanol–water partition coefficient (Wildman–Crippen LogP) is -1.48. The number of rotatable bonds is 1. The molecule has 0 atom stereocenters. The van der Waals surface area contributed by atoms with E-state index in [1.807, 2.05) is 0 Å². The Morgan fingerprint density at radius 1 is 0.750 bits per heavy atom. The summed E-state index contributed by atoms with van der Waals surface area (Å²) in [5.74, 6) is 0. The second-order valence-corrected chi connectivity index (χ2v) is 4.84. The Morgan fingerprint density at radius 3 is 1.62 bits per heavy atom. The fourth-order valence-corrected chi connectivity index (χ4v) is 2.16. The van der Waals surface area contributed by atoms with Crippen LogP contribution in [0.4, 0.5) is 0 Å². The van der Waals surface area contributed by atoms with Crippen LogP contribution in [-0.4, -0.2) is 62.9 Å². The second kappa shape index (κ2) is 5.93. The SMILES string of the molecule is NC1(N2CCNCCNCCNCC2)CC1. The van der Waals surface area contributed by atoms with Crippen molar-refractivity contribution in [3.63, 3.8) is 0 Å². The first-order valence-electron chi connectivity index (χ1n) is 6.47. The van der Waals surface area contributed by atoms with Gasteiger partial charge in [0.05, 0.1) is 5.66 Å². The third kappa shape index (κ3) is 3.68. The molecule has 94 valence electrons. The van der Waals surface area contributed by atoms with Crippen LogP contribution in [0.1, 0.15) is 12.8 Å². The molecule has 0 bridgehead atoms. The van der Waals surface area contributed by atoms with Gasteiger partial charge in [0.25, 0.3) is 0 Å². The lowest BCUT2D eigenvalue weighted by Gasteiger charge is -2.29. The fourth-order valence-electron chi connectivity index (χ4n) is 2.16. The maximum Gasteiger partial charge on any atom is 0.0690 e. The van der Waals surface area contributed by atoms with Crippen molar-refractivity contribution in [1.82, 2.24) is 20.9 Å². The highest BCUT2D eigenvalue weighted by Crippen LogP contribution is 2.35. The molecule has 1 aliphatic heterocycles. The molecule has 2 fully saturated rings. The summed E-state index contributed by atoms with van der Waals surface area (Å²) < 4.78 is 0.